The zero-order valence-electron chi connectivity index (χ0n) is 21.1. The molecule has 1 amide bonds. The largest absolute Gasteiger partial charge is 0.434 e. The van der Waals surface area contributed by atoms with Crippen LogP contribution in [-0.4, -0.2) is 98.2 Å². The third-order valence-corrected chi connectivity index (χ3v) is 7.59. The minimum Gasteiger partial charge on any atom is -0.426 e. The Hall–Kier alpha value is -2.42. The molecule has 1 aromatic carbocycles. The molecule has 220 valence electrons. The Balaban J connectivity index is 1.42. The minimum atomic E-state index is -5.81. The average Bonchev–Trinajstić information content (AvgIpc) is 3.25. The molecule has 3 fully saturated rings. The first kappa shape index (κ1) is 29.6. The van der Waals surface area contributed by atoms with E-state index in [1.54, 1.807) is 4.90 Å². The van der Waals surface area contributed by atoms with Crippen LogP contribution in [0.15, 0.2) is 18.2 Å². The molecule has 0 atom stereocenters. The lowest BCUT2D eigenvalue weighted by Gasteiger charge is -2.48. The number of anilines is 1. The van der Waals surface area contributed by atoms with E-state index < -0.39 is 36.3 Å². The van der Waals surface area contributed by atoms with Crippen LogP contribution >= 0.6 is 0 Å². The van der Waals surface area contributed by atoms with Gasteiger partial charge in [0, 0.05) is 70.0 Å². The molecule has 1 spiro atoms. The van der Waals surface area contributed by atoms with Gasteiger partial charge >= 0.3 is 24.6 Å². The summed E-state index contributed by atoms with van der Waals surface area (Å²) in [5.41, 5.74) is 0.342. The van der Waals surface area contributed by atoms with Crippen molar-refractivity contribution in [1.29, 1.82) is 0 Å². The molecule has 0 aromatic heterocycles. The first-order valence-electron chi connectivity index (χ1n) is 12.5. The molecule has 3 aliphatic heterocycles. The van der Waals surface area contributed by atoms with E-state index >= 15 is 0 Å². The SMILES string of the molecule is CCN1CC2(CCN(c3cc(C(F)(F)F)ccc3CN3CCN(C(=O)OC(C(F)(F)F)C(F)(F)F)CC3)C2)C1. The summed E-state index contributed by atoms with van der Waals surface area (Å²) in [6.45, 7) is 5.94. The number of carbonyl (C=O) groups excluding carboxylic acids is 1. The number of hydrogen-bond acceptors (Lipinski definition) is 5. The van der Waals surface area contributed by atoms with Crippen LogP contribution < -0.4 is 4.90 Å². The van der Waals surface area contributed by atoms with E-state index in [0.29, 0.717) is 24.3 Å². The van der Waals surface area contributed by atoms with Crippen LogP contribution in [0.5, 0.6) is 0 Å². The fraction of sp³-hybridized carbons (Fsp3) is 0.708. The number of nitrogens with zero attached hydrogens (tertiary/aromatic N) is 4. The van der Waals surface area contributed by atoms with Gasteiger partial charge in [0.2, 0.25) is 0 Å². The first-order valence-corrected chi connectivity index (χ1v) is 12.5. The van der Waals surface area contributed by atoms with Gasteiger partial charge in [-0.25, -0.2) is 4.79 Å². The summed E-state index contributed by atoms with van der Waals surface area (Å²) in [4.78, 5) is 18.8. The van der Waals surface area contributed by atoms with E-state index in [9.17, 15) is 44.3 Å². The van der Waals surface area contributed by atoms with Gasteiger partial charge in [-0.2, -0.15) is 39.5 Å². The summed E-state index contributed by atoms with van der Waals surface area (Å²) in [5, 5.41) is 0. The fourth-order valence-corrected chi connectivity index (χ4v) is 5.52. The lowest BCUT2D eigenvalue weighted by Crippen LogP contribution is -2.57. The number of hydrogen-bond donors (Lipinski definition) is 0. The standard InChI is InChI=1S/C24H29F9N4O2/c1-2-34-13-21(14-34)5-6-37(15-21)18-11-17(22(25,26)27)4-3-16(18)12-35-7-9-36(10-8-35)20(38)39-19(23(28,29)30)24(31,32)33/h3-4,11,19H,2,5-10,12-15H2,1H3. The van der Waals surface area contributed by atoms with Gasteiger partial charge in [0.15, 0.2) is 0 Å². The summed E-state index contributed by atoms with van der Waals surface area (Å²) in [5.74, 6) is 0. The van der Waals surface area contributed by atoms with E-state index in [2.05, 4.69) is 16.6 Å². The Kier molecular flexibility index (Phi) is 7.98. The number of piperazine rings is 1. The van der Waals surface area contributed by atoms with Gasteiger partial charge in [-0.3, -0.25) is 4.90 Å². The van der Waals surface area contributed by atoms with Crippen molar-refractivity contribution >= 4 is 11.8 Å². The van der Waals surface area contributed by atoms with Gasteiger partial charge in [0.05, 0.1) is 5.56 Å². The predicted octanol–water partition coefficient (Wildman–Crippen LogP) is 4.98. The fourth-order valence-electron chi connectivity index (χ4n) is 5.52. The third-order valence-electron chi connectivity index (χ3n) is 7.59. The van der Waals surface area contributed by atoms with E-state index in [1.807, 2.05) is 4.90 Å². The quantitative estimate of drug-likeness (QED) is 0.463. The molecule has 3 saturated heterocycles. The topological polar surface area (TPSA) is 39.3 Å². The third kappa shape index (κ3) is 6.67. The molecule has 1 aromatic rings. The molecule has 39 heavy (non-hydrogen) atoms. The predicted molar refractivity (Wildman–Crippen MR) is 122 cm³/mol. The Morgan fingerprint density at radius 3 is 2.05 bits per heavy atom. The minimum absolute atomic E-state index is 0.0399. The van der Waals surface area contributed by atoms with Crippen LogP contribution in [0, 0.1) is 5.41 Å². The van der Waals surface area contributed by atoms with Crippen LogP contribution in [-0.2, 0) is 17.5 Å². The van der Waals surface area contributed by atoms with Crippen LogP contribution in [0.1, 0.15) is 24.5 Å². The summed E-state index contributed by atoms with van der Waals surface area (Å²) < 4.78 is 121. The zero-order valence-corrected chi connectivity index (χ0v) is 21.1. The van der Waals surface area contributed by atoms with Gasteiger partial charge < -0.3 is 19.4 Å². The second kappa shape index (κ2) is 10.5. The number of carbonyl (C=O) groups is 1. The van der Waals surface area contributed by atoms with Crippen molar-refractivity contribution in [3.05, 3.63) is 29.3 Å². The van der Waals surface area contributed by atoms with E-state index in [1.165, 1.54) is 6.07 Å². The zero-order chi connectivity index (χ0) is 28.8. The van der Waals surface area contributed by atoms with Crippen LogP contribution in [0.3, 0.4) is 0 Å². The number of rotatable bonds is 5. The van der Waals surface area contributed by atoms with Gasteiger partial charge in [-0.15, -0.1) is 0 Å². The highest BCUT2D eigenvalue weighted by atomic mass is 19.4. The number of likely N-dealkylation sites (tertiary alicyclic amines) is 1. The van der Waals surface area contributed by atoms with E-state index in [0.717, 1.165) is 43.1 Å². The second-order valence-electron chi connectivity index (χ2n) is 10.4. The molecule has 3 heterocycles. The van der Waals surface area contributed by atoms with Crippen LogP contribution in [0.4, 0.5) is 50.0 Å². The molecule has 0 radical (unpaired) electrons. The molecule has 0 saturated carbocycles. The van der Waals surface area contributed by atoms with Crippen molar-refractivity contribution in [1.82, 2.24) is 14.7 Å². The molecular formula is C24H29F9N4O2. The highest BCUT2D eigenvalue weighted by molar-refractivity contribution is 5.68. The van der Waals surface area contributed by atoms with Gasteiger partial charge in [-0.1, -0.05) is 13.0 Å². The van der Waals surface area contributed by atoms with E-state index in [4.69, 9.17) is 0 Å². The van der Waals surface area contributed by atoms with Crippen LogP contribution in [0.2, 0.25) is 0 Å². The average molecular weight is 577 g/mol. The van der Waals surface area contributed by atoms with Crippen molar-refractivity contribution in [3.63, 3.8) is 0 Å². The number of amides is 1. The molecule has 6 nitrogen and oxygen atoms in total. The summed E-state index contributed by atoms with van der Waals surface area (Å²) in [6, 6.07) is 3.53. The normalized spacial score (nSPS) is 21.1. The van der Waals surface area contributed by atoms with Gasteiger partial charge in [0.1, 0.15) is 0 Å². The molecule has 15 heteroatoms. The number of benzene rings is 1. The highest BCUT2D eigenvalue weighted by Crippen LogP contribution is 2.43. The highest BCUT2D eigenvalue weighted by Gasteiger charge is 2.60. The summed E-state index contributed by atoms with van der Waals surface area (Å²) in [7, 11) is 0. The van der Waals surface area contributed by atoms with Crippen molar-refractivity contribution in [2.45, 2.75) is 44.5 Å². The Labute approximate surface area is 219 Å². The lowest BCUT2D eigenvalue weighted by molar-refractivity contribution is -0.308. The molecule has 0 bridgehead atoms. The number of alkyl halides is 9. The smallest absolute Gasteiger partial charge is 0.426 e. The molecule has 0 aliphatic carbocycles. The maximum Gasteiger partial charge on any atom is 0.434 e. The van der Waals surface area contributed by atoms with Crippen LogP contribution in [0.25, 0.3) is 0 Å². The van der Waals surface area contributed by atoms with Crippen molar-refractivity contribution in [2.75, 3.05) is 63.8 Å². The summed E-state index contributed by atoms with van der Waals surface area (Å²) >= 11 is 0. The van der Waals surface area contributed by atoms with Gasteiger partial charge in [0.25, 0.3) is 6.10 Å². The molecule has 0 N–H and O–H groups in total. The van der Waals surface area contributed by atoms with Gasteiger partial charge in [-0.05, 0) is 30.7 Å². The van der Waals surface area contributed by atoms with Crippen molar-refractivity contribution in [2.24, 2.45) is 5.41 Å². The molecule has 4 rings (SSSR count). The maximum atomic E-state index is 13.5. The maximum absolute atomic E-state index is 13.5. The molecule has 0 unspecified atom stereocenters. The van der Waals surface area contributed by atoms with Crippen molar-refractivity contribution < 1.29 is 49.0 Å². The molecular weight excluding hydrogens is 547 g/mol. The monoisotopic (exact) mass is 576 g/mol. The lowest BCUT2D eigenvalue weighted by atomic mass is 9.79. The number of halogens is 9. The summed E-state index contributed by atoms with van der Waals surface area (Å²) in [6.07, 6.45) is -21.2. The van der Waals surface area contributed by atoms with Crippen molar-refractivity contribution in [3.8, 4) is 0 Å². The number of ether oxygens (including phenoxy) is 1. The Morgan fingerprint density at radius 1 is 0.897 bits per heavy atom. The molecule has 3 aliphatic rings. The first-order chi connectivity index (χ1) is 18.0. The Bertz CT molecular complexity index is 1020. The second-order valence-corrected chi connectivity index (χ2v) is 10.4. The van der Waals surface area contributed by atoms with E-state index in [-0.39, 0.29) is 38.1 Å². The Morgan fingerprint density at radius 2 is 1.51 bits per heavy atom.